The van der Waals surface area contributed by atoms with Crippen molar-refractivity contribution >= 4 is 43.6 Å². The maximum Gasteiger partial charge on any atom is 0.160 e. The minimum Gasteiger partial charge on any atom is -0.309 e. The van der Waals surface area contributed by atoms with Crippen molar-refractivity contribution in [2.24, 2.45) is 0 Å². The lowest BCUT2D eigenvalue weighted by molar-refractivity contribution is 0.627. The topological polar surface area (TPSA) is 35.6 Å². The molecule has 4 nitrogen and oxygen atoms in total. The second-order valence-corrected chi connectivity index (χ2v) is 16.1. The highest BCUT2D eigenvalue weighted by atomic mass is 19.1. The predicted molar refractivity (Wildman–Crippen MR) is 258 cm³/mol. The minimum absolute atomic E-state index is 0.322. The third-order valence-corrected chi connectivity index (χ3v) is 12.3. The summed E-state index contributed by atoms with van der Waals surface area (Å²) in [7, 11) is 0. The number of benzene rings is 9. The van der Waals surface area contributed by atoms with E-state index < -0.39 is 0 Å². The van der Waals surface area contributed by atoms with Crippen LogP contribution in [0.15, 0.2) is 218 Å². The van der Waals surface area contributed by atoms with Crippen LogP contribution in [0.25, 0.3) is 111 Å². The number of aromatic nitrogens is 4. The summed E-state index contributed by atoms with van der Waals surface area (Å²) in [5.74, 6) is -0.126. The van der Waals surface area contributed by atoms with Gasteiger partial charge in [-0.1, -0.05) is 109 Å². The first-order chi connectivity index (χ1) is 31.5. The zero-order valence-electron chi connectivity index (χ0n) is 34.3. The summed E-state index contributed by atoms with van der Waals surface area (Å²) in [6.45, 7) is 0. The van der Waals surface area contributed by atoms with Crippen LogP contribution < -0.4 is 0 Å². The van der Waals surface area contributed by atoms with Gasteiger partial charge in [-0.2, -0.15) is 0 Å². The van der Waals surface area contributed by atoms with Gasteiger partial charge in [-0.25, -0.2) is 18.7 Å². The summed E-state index contributed by atoms with van der Waals surface area (Å²) >= 11 is 0. The molecule has 6 heteroatoms. The van der Waals surface area contributed by atoms with Crippen molar-refractivity contribution in [3.63, 3.8) is 0 Å². The molecule has 0 radical (unpaired) electrons. The van der Waals surface area contributed by atoms with E-state index in [4.69, 9.17) is 9.97 Å². The Morgan fingerprint density at radius 3 is 1.27 bits per heavy atom. The number of halogens is 2. The van der Waals surface area contributed by atoms with Gasteiger partial charge >= 0.3 is 0 Å². The molecular weight excluding hydrogens is 791 g/mol. The predicted octanol–water partition coefficient (Wildman–Crippen LogP) is 15.3. The fraction of sp³-hybridized carbons (Fsp3) is 0. The molecule has 0 amide bonds. The maximum absolute atomic E-state index is 13.9. The van der Waals surface area contributed by atoms with E-state index in [9.17, 15) is 8.78 Å². The third kappa shape index (κ3) is 6.43. The summed E-state index contributed by atoms with van der Waals surface area (Å²) in [4.78, 5) is 9.84. The molecule has 3 aromatic heterocycles. The molecule has 0 fully saturated rings. The molecule has 12 rings (SSSR count). The number of rotatable bonds is 7. The van der Waals surface area contributed by atoms with Crippen LogP contribution in [0.5, 0.6) is 0 Å². The number of hydrogen-bond acceptors (Lipinski definition) is 2. The van der Waals surface area contributed by atoms with E-state index in [1.807, 2.05) is 18.2 Å². The minimum atomic E-state index is -0.322. The Labute approximate surface area is 367 Å². The van der Waals surface area contributed by atoms with Gasteiger partial charge in [0.05, 0.1) is 33.5 Å². The van der Waals surface area contributed by atoms with Gasteiger partial charge in [-0.05, 0) is 131 Å². The molecule has 0 saturated heterocycles. The van der Waals surface area contributed by atoms with Gasteiger partial charge in [0.2, 0.25) is 0 Å². The van der Waals surface area contributed by atoms with E-state index in [0.29, 0.717) is 17.2 Å². The van der Waals surface area contributed by atoms with E-state index in [1.54, 1.807) is 24.3 Å². The summed E-state index contributed by atoms with van der Waals surface area (Å²) in [6, 6.07) is 72.8. The van der Waals surface area contributed by atoms with Crippen LogP contribution in [0.1, 0.15) is 0 Å². The highest BCUT2D eigenvalue weighted by molar-refractivity contribution is 6.13. The lowest BCUT2D eigenvalue weighted by Crippen LogP contribution is -1.96. The van der Waals surface area contributed by atoms with Crippen molar-refractivity contribution < 1.29 is 8.78 Å². The van der Waals surface area contributed by atoms with Crippen LogP contribution in [0.3, 0.4) is 0 Å². The molecule has 0 aliphatic rings. The van der Waals surface area contributed by atoms with Crippen LogP contribution in [0.4, 0.5) is 8.78 Å². The van der Waals surface area contributed by atoms with Gasteiger partial charge in [-0.3, -0.25) is 0 Å². The fourth-order valence-electron chi connectivity index (χ4n) is 9.17. The molecule has 0 N–H and O–H groups in total. The normalized spacial score (nSPS) is 11.6. The highest BCUT2D eigenvalue weighted by Crippen LogP contribution is 2.40. The van der Waals surface area contributed by atoms with Gasteiger partial charge in [0, 0.05) is 49.6 Å². The van der Waals surface area contributed by atoms with Gasteiger partial charge < -0.3 is 9.13 Å². The van der Waals surface area contributed by atoms with Crippen molar-refractivity contribution in [2.45, 2.75) is 0 Å². The molecule has 9 aromatic carbocycles. The SMILES string of the molecule is Fc1ccc(-c2cc(-c3ccc(F)cc3)nc(-c3ccc(-c4ccc5c6ccc(-c7ccc8c(c7)c7ccccc7n8-c7ccccc7)cc6n(-c6ccccc6)c5c4)cc3)n2)cc1. The lowest BCUT2D eigenvalue weighted by atomic mass is 10.00. The van der Waals surface area contributed by atoms with E-state index in [2.05, 4.69) is 161 Å². The third-order valence-electron chi connectivity index (χ3n) is 12.3. The fourth-order valence-corrected chi connectivity index (χ4v) is 9.17. The summed E-state index contributed by atoms with van der Waals surface area (Å²) in [5.41, 5.74) is 14.9. The lowest BCUT2D eigenvalue weighted by Gasteiger charge is -2.11. The van der Waals surface area contributed by atoms with E-state index in [-0.39, 0.29) is 11.6 Å². The summed E-state index contributed by atoms with van der Waals surface area (Å²) < 4.78 is 32.5. The van der Waals surface area contributed by atoms with Gasteiger partial charge in [0.25, 0.3) is 0 Å². The van der Waals surface area contributed by atoms with Crippen molar-refractivity contribution in [3.8, 4) is 67.5 Å². The van der Waals surface area contributed by atoms with Crippen LogP contribution in [-0.2, 0) is 0 Å². The second-order valence-electron chi connectivity index (χ2n) is 16.1. The molecule has 0 aliphatic heterocycles. The molecule has 0 aliphatic carbocycles. The second kappa shape index (κ2) is 15.2. The Hall–Kier alpha value is -8.48. The standard InChI is InChI=1S/C58H36F2N4/c59-44-26-19-38(20-27-44)52-36-53(39-21-28-45(60)29-22-39)62-58(61-52)40-17-15-37(16-18-40)42-23-30-49-50-31-24-43(35-57(50)64(56(49)34-42)47-11-5-2-6-12-47)41-25-32-55-51(33-41)48-13-7-8-14-54(48)63(55)46-9-3-1-4-10-46/h1-36H. The maximum atomic E-state index is 13.9. The average Bonchev–Trinajstić information content (AvgIpc) is 3.86. The van der Waals surface area contributed by atoms with Gasteiger partial charge in [-0.15, -0.1) is 0 Å². The molecular formula is C58H36F2N4. The molecule has 12 aromatic rings. The summed E-state index contributed by atoms with van der Waals surface area (Å²) in [5, 5.41) is 4.80. The number of para-hydroxylation sites is 3. The van der Waals surface area contributed by atoms with Gasteiger partial charge in [0.15, 0.2) is 5.82 Å². The van der Waals surface area contributed by atoms with Crippen LogP contribution in [-0.4, -0.2) is 19.1 Å². The first kappa shape index (κ1) is 37.3. The Morgan fingerprint density at radius 2 is 0.688 bits per heavy atom. The largest absolute Gasteiger partial charge is 0.309 e. The molecule has 0 unspecified atom stereocenters. The van der Waals surface area contributed by atoms with Crippen molar-refractivity contribution in [2.75, 3.05) is 0 Å². The van der Waals surface area contributed by atoms with E-state index in [1.165, 1.54) is 56.8 Å². The van der Waals surface area contributed by atoms with Crippen LogP contribution >= 0.6 is 0 Å². The molecule has 3 heterocycles. The Bertz CT molecular complexity index is 3640. The Balaban J connectivity index is 0.952. The monoisotopic (exact) mass is 826 g/mol. The van der Waals surface area contributed by atoms with Crippen molar-refractivity contribution in [1.82, 2.24) is 19.1 Å². The van der Waals surface area contributed by atoms with E-state index in [0.717, 1.165) is 61.4 Å². The summed E-state index contributed by atoms with van der Waals surface area (Å²) in [6.07, 6.45) is 0. The zero-order valence-corrected chi connectivity index (χ0v) is 34.3. The van der Waals surface area contributed by atoms with Crippen LogP contribution in [0, 0.1) is 11.6 Å². The number of nitrogens with zero attached hydrogens (tertiary/aromatic N) is 4. The molecule has 0 spiro atoms. The highest BCUT2D eigenvalue weighted by Gasteiger charge is 2.18. The first-order valence-electron chi connectivity index (χ1n) is 21.3. The van der Waals surface area contributed by atoms with Crippen molar-refractivity contribution in [3.05, 3.63) is 230 Å². The Morgan fingerprint density at radius 1 is 0.281 bits per heavy atom. The molecule has 0 atom stereocenters. The first-order valence-corrected chi connectivity index (χ1v) is 21.3. The molecule has 0 saturated carbocycles. The van der Waals surface area contributed by atoms with E-state index >= 15 is 0 Å². The average molecular weight is 827 g/mol. The van der Waals surface area contributed by atoms with Gasteiger partial charge in [0.1, 0.15) is 11.6 Å². The Kier molecular flexibility index (Phi) is 8.83. The molecule has 0 bridgehead atoms. The smallest absolute Gasteiger partial charge is 0.160 e. The number of hydrogen-bond donors (Lipinski definition) is 0. The molecule has 64 heavy (non-hydrogen) atoms. The molecule has 302 valence electrons. The van der Waals surface area contributed by atoms with Crippen molar-refractivity contribution in [1.29, 1.82) is 0 Å². The van der Waals surface area contributed by atoms with Crippen LogP contribution in [0.2, 0.25) is 0 Å². The zero-order chi connectivity index (χ0) is 42.7. The quantitative estimate of drug-likeness (QED) is 0.160. The number of fused-ring (bicyclic) bond motifs is 6.